The van der Waals surface area contributed by atoms with E-state index in [0.717, 1.165) is 23.7 Å². The third-order valence-corrected chi connectivity index (χ3v) is 4.28. The van der Waals surface area contributed by atoms with Crippen LogP contribution in [0.1, 0.15) is 22.3 Å². The predicted molar refractivity (Wildman–Crippen MR) is 114 cm³/mol. The van der Waals surface area contributed by atoms with Crippen LogP contribution in [0.25, 0.3) is 0 Å². The molecule has 0 fully saturated rings. The first kappa shape index (κ1) is 20.3. The van der Waals surface area contributed by atoms with Gasteiger partial charge in [0.15, 0.2) is 0 Å². The maximum atomic E-state index is 12.3. The minimum absolute atomic E-state index is 0.173. The zero-order chi connectivity index (χ0) is 20.5. The number of nitrogens with one attached hydrogen (secondary N) is 1. The molecule has 1 N–H and O–H groups in total. The summed E-state index contributed by atoms with van der Waals surface area (Å²) >= 11 is 0. The van der Waals surface area contributed by atoms with Gasteiger partial charge in [0, 0.05) is 17.7 Å². The van der Waals surface area contributed by atoms with Crippen LogP contribution in [0.2, 0.25) is 0 Å². The van der Waals surface area contributed by atoms with Crippen LogP contribution in [0.3, 0.4) is 0 Å². The molecule has 0 aliphatic heterocycles. The zero-order valence-corrected chi connectivity index (χ0v) is 16.7. The molecule has 5 heteroatoms. The molecule has 0 heterocycles. The highest BCUT2D eigenvalue weighted by atomic mass is 16.5. The summed E-state index contributed by atoms with van der Waals surface area (Å²) in [7, 11) is 1.61. The summed E-state index contributed by atoms with van der Waals surface area (Å²) in [5, 5.41) is 2.86. The molecule has 1 amide bonds. The number of anilines is 1. The van der Waals surface area contributed by atoms with E-state index < -0.39 is 0 Å². The summed E-state index contributed by atoms with van der Waals surface area (Å²) in [6, 6.07) is 22.3. The number of carbonyl (C=O) groups excluding carboxylic acids is 1. The number of rotatable bonds is 9. The first-order chi connectivity index (χ1) is 14.1. The van der Waals surface area contributed by atoms with E-state index in [1.807, 2.05) is 31.2 Å². The van der Waals surface area contributed by atoms with Crippen molar-refractivity contribution in [3.05, 3.63) is 83.9 Å². The highest BCUT2D eigenvalue weighted by Crippen LogP contribution is 2.18. The molecule has 0 aliphatic carbocycles. The zero-order valence-electron chi connectivity index (χ0n) is 16.7. The second-order valence-corrected chi connectivity index (χ2v) is 6.57. The number of aryl methyl sites for hydroxylation is 1. The number of hydrogen-bond donors (Lipinski definition) is 1. The van der Waals surface area contributed by atoms with Crippen molar-refractivity contribution >= 4 is 11.6 Å². The van der Waals surface area contributed by atoms with Crippen molar-refractivity contribution in [1.82, 2.24) is 0 Å². The molecule has 0 aliphatic rings. The van der Waals surface area contributed by atoms with Crippen molar-refractivity contribution in [3.63, 3.8) is 0 Å². The van der Waals surface area contributed by atoms with Crippen molar-refractivity contribution in [3.8, 4) is 17.2 Å². The minimum Gasteiger partial charge on any atom is -0.497 e. The molecule has 3 aromatic carbocycles. The van der Waals surface area contributed by atoms with E-state index in [1.54, 1.807) is 55.6 Å². The van der Waals surface area contributed by atoms with E-state index in [9.17, 15) is 4.79 Å². The van der Waals surface area contributed by atoms with E-state index in [1.165, 1.54) is 5.56 Å². The van der Waals surface area contributed by atoms with Gasteiger partial charge in [-0.3, -0.25) is 4.79 Å². The molecule has 0 unspecified atom stereocenters. The fourth-order valence-electron chi connectivity index (χ4n) is 2.72. The molecule has 29 heavy (non-hydrogen) atoms. The Bertz CT molecular complexity index is 920. The molecule has 0 saturated carbocycles. The van der Waals surface area contributed by atoms with Crippen LogP contribution >= 0.6 is 0 Å². The Morgan fingerprint density at radius 2 is 1.48 bits per heavy atom. The second-order valence-electron chi connectivity index (χ2n) is 6.57. The SMILES string of the molecule is COc1ccc(NC(=O)c2ccc(OCCCOc3cccc(C)c3)cc2)cc1. The Kier molecular flexibility index (Phi) is 7.11. The van der Waals surface area contributed by atoms with Crippen molar-refractivity contribution in [2.24, 2.45) is 0 Å². The van der Waals surface area contributed by atoms with Gasteiger partial charge in [-0.2, -0.15) is 0 Å². The average molecular weight is 391 g/mol. The van der Waals surface area contributed by atoms with Gasteiger partial charge in [0.1, 0.15) is 17.2 Å². The molecule has 3 aromatic rings. The Balaban J connectivity index is 1.41. The maximum Gasteiger partial charge on any atom is 0.255 e. The number of ether oxygens (including phenoxy) is 3. The van der Waals surface area contributed by atoms with Crippen LogP contribution in [0.15, 0.2) is 72.8 Å². The second kappa shape index (κ2) is 10.2. The fourth-order valence-corrected chi connectivity index (χ4v) is 2.72. The summed E-state index contributed by atoms with van der Waals surface area (Å²) in [5.74, 6) is 2.17. The fraction of sp³-hybridized carbons (Fsp3) is 0.208. The van der Waals surface area contributed by atoms with Gasteiger partial charge in [0.2, 0.25) is 0 Å². The Labute approximate surface area is 171 Å². The number of methoxy groups -OCH3 is 1. The topological polar surface area (TPSA) is 56.8 Å². The van der Waals surface area contributed by atoms with Gasteiger partial charge in [-0.15, -0.1) is 0 Å². The summed E-state index contributed by atoms with van der Waals surface area (Å²) in [6.07, 6.45) is 0.771. The molecular formula is C24H25NO4. The lowest BCUT2D eigenvalue weighted by molar-refractivity contribution is 0.102. The molecule has 0 spiro atoms. The van der Waals surface area contributed by atoms with Gasteiger partial charge < -0.3 is 19.5 Å². The van der Waals surface area contributed by atoms with Crippen LogP contribution in [0.5, 0.6) is 17.2 Å². The minimum atomic E-state index is -0.173. The van der Waals surface area contributed by atoms with Crippen molar-refractivity contribution in [2.45, 2.75) is 13.3 Å². The van der Waals surface area contributed by atoms with Crippen LogP contribution in [-0.4, -0.2) is 26.2 Å². The maximum absolute atomic E-state index is 12.3. The van der Waals surface area contributed by atoms with Crippen LogP contribution in [0, 0.1) is 6.92 Å². The molecular weight excluding hydrogens is 366 g/mol. The van der Waals surface area contributed by atoms with Gasteiger partial charge in [0.05, 0.1) is 20.3 Å². The smallest absolute Gasteiger partial charge is 0.255 e. The van der Waals surface area contributed by atoms with Crippen LogP contribution in [0.4, 0.5) is 5.69 Å². The lowest BCUT2D eigenvalue weighted by Crippen LogP contribution is -2.11. The molecule has 3 rings (SSSR count). The highest BCUT2D eigenvalue weighted by Gasteiger charge is 2.06. The molecule has 0 radical (unpaired) electrons. The van der Waals surface area contributed by atoms with Crippen LogP contribution in [-0.2, 0) is 0 Å². The van der Waals surface area contributed by atoms with Gasteiger partial charge >= 0.3 is 0 Å². The summed E-state index contributed by atoms with van der Waals surface area (Å²) in [5.41, 5.74) is 2.45. The van der Waals surface area contributed by atoms with Crippen molar-refractivity contribution in [1.29, 1.82) is 0 Å². The summed E-state index contributed by atoms with van der Waals surface area (Å²) in [6.45, 7) is 3.17. The summed E-state index contributed by atoms with van der Waals surface area (Å²) < 4.78 is 16.5. The molecule has 0 bridgehead atoms. The molecule has 150 valence electrons. The van der Waals surface area contributed by atoms with Gasteiger partial charge in [-0.25, -0.2) is 0 Å². The van der Waals surface area contributed by atoms with E-state index in [2.05, 4.69) is 5.32 Å². The number of carbonyl (C=O) groups is 1. The van der Waals surface area contributed by atoms with E-state index >= 15 is 0 Å². The van der Waals surface area contributed by atoms with Crippen molar-refractivity contribution < 1.29 is 19.0 Å². The molecule has 0 saturated heterocycles. The van der Waals surface area contributed by atoms with E-state index in [-0.39, 0.29) is 5.91 Å². The van der Waals surface area contributed by atoms with Crippen LogP contribution < -0.4 is 19.5 Å². The number of amides is 1. The van der Waals surface area contributed by atoms with Crippen molar-refractivity contribution in [2.75, 3.05) is 25.6 Å². The van der Waals surface area contributed by atoms with Gasteiger partial charge in [-0.1, -0.05) is 12.1 Å². The number of benzene rings is 3. The normalized spacial score (nSPS) is 10.3. The van der Waals surface area contributed by atoms with E-state index in [0.29, 0.717) is 24.5 Å². The quantitative estimate of drug-likeness (QED) is 0.515. The highest BCUT2D eigenvalue weighted by molar-refractivity contribution is 6.04. The Morgan fingerprint density at radius 3 is 2.14 bits per heavy atom. The number of hydrogen-bond acceptors (Lipinski definition) is 4. The molecule has 0 aromatic heterocycles. The Hall–Kier alpha value is -3.47. The largest absolute Gasteiger partial charge is 0.497 e. The molecule has 5 nitrogen and oxygen atoms in total. The first-order valence-corrected chi connectivity index (χ1v) is 9.52. The van der Waals surface area contributed by atoms with Gasteiger partial charge in [-0.05, 0) is 73.2 Å². The lowest BCUT2D eigenvalue weighted by atomic mass is 10.2. The lowest BCUT2D eigenvalue weighted by Gasteiger charge is -2.09. The predicted octanol–water partition coefficient (Wildman–Crippen LogP) is 5.10. The Morgan fingerprint density at radius 1 is 0.828 bits per heavy atom. The molecule has 0 atom stereocenters. The third-order valence-electron chi connectivity index (χ3n) is 4.28. The first-order valence-electron chi connectivity index (χ1n) is 9.52. The monoisotopic (exact) mass is 391 g/mol. The standard InChI is InChI=1S/C24H25NO4/c1-18-5-3-6-23(17-18)29-16-4-15-28-22-11-7-19(8-12-22)24(26)25-20-9-13-21(27-2)14-10-20/h3,5-14,17H,4,15-16H2,1-2H3,(H,25,26). The summed E-state index contributed by atoms with van der Waals surface area (Å²) in [4.78, 5) is 12.3. The third kappa shape index (κ3) is 6.28. The van der Waals surface area contributed by atoms with E-state index in [4.69, 9.17) is 14.2 Å². The van der Waals surface area contributed by atoms with Gasteiger partial charge in [0.25, 0.3) is 5.91 Å². The average Bonchev–Trinajstić information content (AvgIpc) is 2.74.